The summed E-state index contributed by atoms with van der Waals surface area (Å²) in [5.41, 5.74) is 6.55. The lowest BCUT2D eigenvalue weighted by Gasteiger charge is -2.13. The van der Waals surface area contributed by atoms with Gasteiger partial charge >= 0.3 is 0 Å². The van der Waals surface area contributed by atoms with E-state index in [0.717, 1.165) is 10.0 Å². The molecule has 4 nitrogen and oxygen atoms in total. The van der Waals surface area contributed by atoms with Crippen LogP contribution in [0.4, 0.5) is 0 Å². The Bertz CT molecular complexity index is 416. The molecule has 5 heteroatoms. The van der Waals surface area contributed by atoms with Crippen molar-refractivity contribution in [1.82, 2.24) is 0 Å². The minimum atomic E-state index is 0.448. The molecule has 2 N–H and O–H groups in total. The van der Waals surface area contributed by atoms with Crippen LogP contribution in [0.25, 0.3) is 0 Å². The molecule has 0 aliphatic rings. The molecule has 0 aliphatic carbocycles. The summed E-state index contributed by atoms with van der Waals surface area (Å²) in [6.07, 6.45) is 1.19. The molecule has 0 fully saturated rings. The van der Waals surface area contributed by atoms with Crippen molar-refractivity contribution >= 4 is 15.9 Å². The summed E-state index contributed by atoms with van der Waals surface area (Å²) in [6.45, 7) is 0.939. The number of methoxy groups -OCH3 is 1. The molecule has 1 aromatic rings. The third-order valence-electron chi connectivity index (χ3n) is 2.20. The van der Waals surface area contributed by atoms with Crippen molar-refractivity contribution in [3.63, 3.8) is 0 Å². The summed E-state index contributed by atoms with van der Waals surface area (Å²) in [4.78, 5) is 0. The summed E-state index contributed by atoms with van der Waals surface area (Å²) < 4.78 is 11.7. The first-order valence-electron chi connectivity index (χ1n) is 5.29. The molecule has 0 bridgehead atoms. The molecule has 0 radical (unpaired) electrons. The van der Waals surface area contributed by atoms with E-state index in [9.17, 15) is 0 Å². The van der Waals surface area contributed by atoms with Gasteiger partial charge in [0.15, 0.2) is 11.5 Å². The van der Waals surface area contributed by atoms with E-state index in [1.54, 1.807) is 7.11 Å². The van der Waals surface area contributed by atoms with Gasteiger partial charge in [-0.15, -0.1) is 0 Å². The quantitative estimate of drug-likeness (QED) is 0.820. The molecule has 0 saturated carbocycles. The molecule has 17 heavy (non-hydrogen) atoms. The highest BCUT2D eigenvalue weighted by Gasteiger charge is 2.10. The topological polar surface area (TPSA) is 68.3 Å². The van der Waals surface area contributed by atoms with Crippen molar-refractivity contribution in [2.45, 2.75) is 19.4 Å². The van der Waals surface area contributed by atoms with E-state index in [-0.39, 0.29) is 0 Å². The normalized spacial score (nSPS) is 9.76. The number of benzene rings is 1. The summed E-state index contributed by atoms with van der Waals surface area (Å²) in [7, 11) is 1.59. The molecule has 1 aromatic carbocycles. The van der Waals surface area contributed by atoms with Crippen LogP contribution in [-0.2, 0) is 6.54 Å². The van der Waals surface area contributed by atoms with Crippen molar-refractivity contribution in [2.24, 2.45) is 5.73 Å². The predicted molar refractivity (Wildman–Crippen MR) is 68.9 cm³/mol. The Labute approximate surface area is 109 Å². The van der Waals surface area contributed by atoms with Crippen LogP contribution in [0.5, 0.6) is 11.5 Å². The largest absolute Gasteiger partial charge is 0.493 e. The average Bonchev–Trinajstić information content (AvgIpc) is 2.35. The van der Waals surface area contributed by atoms with Crippen molar-refractivity contribution < 1.29 is 9.47 Å². The van der Waals surface area contributed by atoms with Gasteiger partial charge in [-0.05, 0) is 40.0 Å². The molecule has 0 aromatic heterocycles. The predicted octanol–water partition coefficient (Wildman–Crippen LogP) is 2.60. The Morgan fingerprint density at radius 2 is 2.24 bits per heavy atom. The highest BCUT2D eigenvalue weighted by Crippen LogP contribution is 2.36. The van der Waals surface area contributed by atoms with E-state index in [4.69, 9.17) is 20.5 Å². The fourth-order valence-corrected chi connectivity index (χ4v) is 1.96. The van der Waals surface area contributed by atoms with Crippen LogP contribution in [0.2, 0.25) is 0 Å². The first-order valence-corrected chi connectivity index (χ1v) is 6.08. The van der Waals surface area contributed by atoms with Crippen LogP contribution in [0.15, 0.2) is 16.6 Å². The first kappa shape index (κ1) is 13.8. The maximum absolute atomic E-state index is 8.43. The lowest BCUT2D eigenvalue weighted by Crippen LogP contribution is -2.02. The summed E-state index contributed by atoms with van der Waals surface area (Å²) >= 11 is 3.42. The third-order valence-corrected chi connectivity index (χ3v) is 2.79. The van der Waals surface area contributed by atoms with Crippen LogP contribution in [0.3, 0.4) is 0 Å². The maximum atomic E-state index is 8.43. The van der Waals surface area contributed by atoms with Crippen LogP contribution in [0.1, 0.15) is 18.4 Å². The van der Waals surface area contributed by atoms with Crippen LogP contribution in [0, 0.1) is 11.3 Å². The van der Waals surface area contributed by atoms with Crippen molar-refractivity contribution in [3.8, 4) is 17.6 Å². The Balaban J connectivity index is 2.79. The lowest BCUT2D eigenvalue weighted by atomic mass is 10.2. The van der Waals surface area contributed by atoms with Gasteiger partial charge in [-0.25, -0.2) is 0 Å². The van der Waals surface area contributed by atoms with E-state index in [1.807, 2.05) is 12.1 Å². The molecule has 92 valence electrons. The second-order valence-corrected chi connectivity index (χ2v) is 4.28. The molecular formula is C12H15BrN2O2. The van der Waals surface area contributed by atoms with Gasteiger partial charge in [0.1, 0.15) is 0 Å². The molecule has 0 spiro atoms. The van der Waals surface area contributed by atoms with E-state index >= 15 is 0 Å². The Hall–Kier alpha value is -1.25. The number of nitrogens with zero attached hydrogens (tertiary/aromatic N) is 1. The van der Waals surface area contributed by atoms with E-state index in [0.29, 0.717) is 37.5 Å². The number of unbranched alkanes of at least 4 members (excludes halogenated alkanes) is 1. The molecular weight excluding hydrogens is 284 g/mol. The standard InChI is InChI=1S/C12H15BrN2O2/c1-16-11-7-9(8-15)6-10(13)12(11)17-5-3-2-4-14/h6-7H,2-3,5,8,15H2,1H3. The smallest absolute Gasteiger partial charge is 0.175 e. The van der Waals surface area contributed by atoms with Crippen LogP contribution >= 0.6 is 15.9 Å². The second kappa shape index (κ2) is 7.15. The molecule has 0 atom stereocenters. The Morgan fingerprint density at radius 3 is 2.82 bits per heavy atom. The molecule has 0 aliphatic heterocycles. The van der Waals surface area contributed by atoms with Gasteiger partial charge in [-0.1, -0.05) is 0 Å². The number of rotatable bonds is 6. The van der Waals surface area contributed by atoms with Gasteiger partial charge in [0, 0.05) is 13.0 Å². The summed E-state index contributed by atoms with van der Waals surface area (Å²) in [5.74, 6) is 1.31. The Kier molecular flexibility index (Phi) is 5.81. The SMILES string of the molecule is COc1cc(CN)cc(Br)c1OCCCC#N. The second-order valence-electron chi connectivity index (χ2n) is 3.42. The van der Waals surface area contributed by atoms with E-state index in [1.165, 1.54) is 0 Å². The number of halogens is 1. The monoisotopic (exact) mass is 298 g/mol. The van der Waals surface area contributed by atoms with Gasteiger partial charge in [0.25, 0.3) is 0 Å². The number of nitriles is 1. The van der Waals surface area contributed by atoms with Gasteiger partial charge in [0.05, 0.1) is 24.3 Å². The zero-order valence-corrected chi connectivity index (χ0v) is 11.3. The maximum Gasteiger partial charge on any atom is 0.175 e. The highest BCUT2D eigenvalue weighted by atomic mass is 79.9. The summed E-state index contributed by atoms with van der Waals surface area (Å²) in [5, 5.41) is 8.43. The van der Waals surface area contributed by atoms with Gasteiger partial charge in [0.2, 0.25) is 0 Å². The Morgan fingerprint density at radius 1 is 1.47 bits per heavy atom. The highest BCUT2D eigenvalue weighted by molar-refractivity contribution is 9.10. The number of hydrogen-bond acceptors (Lipinski definition) is 4. The number of nitrogens with two attached hydrogens (primary N) is 1. The lowest BCUT2D eigenvalue weighted by molar-refractivity contribution is 0.288. The molecule has 0 unspecified atom stereocenters. The molecule has 1 rings (SSSR count). The average molecular weight is 299 g/mol. The fraction of sp³-hybridized carbons (Fsp3) is 0.417. The fourth-order valence-electron chi connectivity index (χ4n) is 1.36. The van der Waals surface area contributed by atoms with Gasteiger partial charge in [-0.3, -0.25) is 0 Å². The minimum absolute atomic E-state index is 0.448. The number of hydrogen-bond donors (Lipinski definition) is 1. The van der Waals surface area contributed by atoms with Gasteiger partial charge in [-0.2, -0.15) is 5.26 Å². The van der Waals surface area contributed by atoms with Crippen molar-refractivity contribution in [3.05, 3.63) is 22.2 Å². The minimum Gasteiger partial charge on any atom is -0.493 e. The molecule has 0 heterocycles. The van der Waals surface area contributed by atoms with Crippen molar-refractivity contribution in [1.29, 1.82) is 5.26 Å². The van der Waals surface area contributed by atoms with Gasteiger partial charge < -0.3 is 15.2 Å². The van der Waals surface area contributed by atoms with Crippen LogP contribution < -0.4 is 15.2 Å². The number of ether oxygens (including phenoxy) is 2. The van der Waals surface area contributed by atoms with E-state index < -0.39 is 0 Å². The summed E-state index contributed by atoms with van der Waals surface area (Å²) in [6, 6.07) is 5.83. The van der Waals surface area contributed by atoms with Crippen LogP contribution in [-0.4, -0.2) is 13.7 Å². The zero-order chi connectivity index (χ0) is 12.7. The molecule has 0 amide bonds. The third kappa shape index (κ3) is 3.91. The molecule has 0 saturated heterocycles. The first-order chi connectivity index (χ1) is 8.22. The van der Waals surface area contributed by atoms with E-state index in [2.05, 4.69) is 22.0 Å². The van der Waals surface area contributed by atoms with Crippen molar-refractivity contribution in [2.75, 3.05) is 13.7 Å². The zero-order valence-electron chi connectivity index (χ0n) is 9.70.